The van der Waals surface area contributed by atoms with Gasteiger partial charge in [0.15, 0.2) is 0 Å². The molecule has 0 atom stereocenters. The normalized spacial score (nSPS) is 10.5. The molecule has 0 unspecified atom stereocenters. The molecular weight excluding hydrogens is 275 g/mol. The second-order valence-electron chi connectivity index (χ2n) is 3.84. The number of aryl methyl sites for hydroxylation is 1. The van der Waals surface area contributed by atoms with E-state index in [-0.39, 0.29) is 10.7 Å². The van der Waals surface area contributed by atoms with Gasteiger partial charge in [0.1, 0.15) is 5.82 Å². The van der Waals surface area contributed by atoms with Gasteiger partial charge in [-0.05, 0) is 25.1 Å². The van der Waals surface area contributed by atoms with Crippen LogP contribution in [0.3, 0.4) is 0 Å². The van der Waals surface area contributed by atoms with E-state index >= 15 is 0 Å². The summed E-state index contributed by atoms with van der Waals surface area (Å²) in [7, 11) is 0. The lowest BCUT2D eigenvalue weighted by molar-refractivity contribution is 0.0686. The van der Waals surface area contributed by atoms with Crippen molar-refractivity contribution in [2.75, 3.05) is 0 Å². The van der Waals surface area contributed by atoms with Gasteiger partial charge in [0.2, 0.25) is 11.1 Å². The van der Waals surface area contributed by atoms with E-state index in [4.69, 9.17) is 16.7 Å². The summed E-state index contributed by atoms with van der Waals surface area (Å²) in [6.45, 7) is 1.55. The van der Waals surface area contributed by atoms with Crippen molar-refractivity contribution in [1.82, 2.24) is 9.78 Å². The molecule has 1 aromatic carbocycles. The molecule has 7 heteroatoms. The van der Waals surface area contributed by atoms with Gasteiger partial charge in [0.05, 0.1) is 5.69 Å². The predicted octanol–water partition coefficient (Wildman–Crippen LogP) is 2.03. The lowest BCUT2D eigenvalue weighted by Crippen LogP contribution is -2.22. The zero-order valence-electron chi connectivity index (χ0n) is 9.72. The first-order valence-electron chi connectivity index (χ1n) is 5.19. The highest BCUT2D eigenvalue weighted by atomic mass is 35.5. The number of hydrogen-bond donors (Lipinski definition) is 1. The number of benzene rings is 1. The van der Waals surface area contributed by atoms with Crippen LogP contribution in [0.1, 0.15) is 16.2 Å². The van der Waals surface area contributed by atoms with Crippen molar-refractivity contribution in [1.29, 1.82) is 0 Å². The molecule has 2 aromatic rings. The molecule has 5 nitrogen and oxygen atoms in total. The van der Waals surface area contributed by atoms with Crippen LogP contribution in [0.25, 0.3) is 5.69 Å². The number of aromatic nitrogens is 2. The summed E-state index contributed by atoms with van der Waals surface area (Å²) in [6.07, 6.45) is 0. The molecule has 0 fully saturated rings. The first-order chi connectivity index (χ1) is 8.88. The largest absolute Gasteiger partial charge is 0.476 e. The Morgan fingerprint density at radius 1 is 1.37 bits per heavy atom. The Balaban J connectivity index is 2.71. The summed E-state index contributed by atoms with van der Waals surface area (Å²) in [5, 5.41) is 12.7. The molecule has 2 rings (SSSR count). The minimum atomic E-state index is -1.44. The monoisotopic (exact) mass is 282 g/mol. The van der Waals surface area contributed by atoms with E-state index in [0.717, 1.165) is 22.9 Å². The van der Waals surface area contributed by atoms with Crippen LogP contribution in [-0.4, -0.2) is 20.9 Å². The predicted molar refractivity (Wildman–Crippen MR) is 66.5 cm³/mol. The molecule has 0 radical (unpaired) electrons. The highest BCUT2D eigenvalue weighted by Gasteiger charge is 2.14. The summed E-state index contributed by atoms with van der Waals surface area (Å²) in [6, 6.07) is 4.79. The minimum Gasteiger partial charge on any atom is -0.476 e. The van der Waals surface area contributed by atoms with Gasteiger partial charge in [-0.2, -0.15) is 5.10 Å². The standard InChI is InChI=1S/C12H8ClFN2O3/c1-6-2-10(17)11(12(18)19)15-16(6)9-4-7(13)3-8(14)5-9/h2-5H,1H3,(H,18,19). The van der Waals surface area contributed by atoms with Gasteiger partial charge in [-0.3, -0.25) is 4.79 Å². The first-order valence-corrected chi connectivity index (χ1v) is 5.57. The van der Waals surface area contributed by atoms with Crippen molar-refractivity contribution in [3.8, 4) is 5.69 Å². The van der Waals surface area contributed by atoms with Crippen LogP contribution in [0.15, 0.2) is 29.1 Å². The average Bonchev–Trinajstić information content (AvgIpc) is 2.26. The number of rotatable bonds is 2. The van der Waals surface area contributed by atoms with Crippen LogP contribution >= 0.6 is 11.6 Å². The molecule has 0 saturated carbocycles. The topological polar surface area (TPSA) is 72.2 Å². The molecule has 1 N–H and O–H groups in total. The van der Waals surface area contributed by atoms with Crippen LogP contribution in [0.2, 0.25) is 5.02 Å². The molecule has 98 valence electrons. The molecule has 19 heavy (non-hydrogen) atoms. The Labute approximate surface area is 111 Å². The lowest BCUT2D eigenvalue weighted by Gasteiger charge is -2.10. The Morgan fingerprint density at radius 2 is 2.05 bits per heavy atom. The Bertz CT molecular complexity index is 707. The number of halogens is 2. The zero-order chi connectivity index (χ0) is 14.2. The molecule has 0 bridgehead atoms. The third-order valence-corrected chi connectivity index (χ3v) is 2.62. The maximum atomic E-state index is 13.3. The van der Waals surface area contributed by atoms with Crippen molar-refractivity contribution in [3.05, 3.63) is 56.7 Å². The Hall–Kier alpha value is -2.21. The quantitative estimate of drug-likeness (QED) is 0.915. The van der Waals surface area contributed by atoms with Crippen LogP contribution < -0.4 is 5.43 Å². The highest BCUT2D eigenvalue weighted by molar-refractivity contribution is 6.30. The van der Waals surface area contributed by atoms with Crippen molar-refractivity contribution in [3.63, 3.8) is 0 Å². The van der Waals surface area contributed by atoms with Gasteiger partial charge in [-0.25, -0.2) is 13.9 Å². The summed E-state index contributed by atoms with van der Waals surface area (Å²) in [4.78, 5) is 22.3. The second kappa shape index (κ2) is 4.81. The molecule has 0 saturated heterocycles. The fraction of sp³-hybridized carbons (Fsp3) is 0.0833. The molecular formula is C12H8ClFN2O3. The summed E-state index contributed by atoms with van der Waals surface area (Å²) in [5.74, 6) is -2.03. The molecule has 1 aromatic heterocycles. The van der Waals surface area contributed by atoms with Crippen molar-refractivity contribution < 1.29 is 14.3 Å². The van der Waals surface area contributed by atoms with E-state index in [2.05, 4.69) is 5.10 Å². The van der Waals surface area contributed by atoms with Crippen LogP contribution in [0.4, 0.5) is 4.39 Å². The number of carboxylic acid groups (broad SMARTS) is 1. The summed E-state index contributed by atoms with van der Waals surface area (Å²) in [5.41, 5.74) is -0.726. The summed E-state index contributed by atoms with van der Waals surface area (Å²) >= 11 is 5.73. The summed E-state index contributed by atoms with van der Waals surface area (Å²) < 4.78 is 14.4. The fourth-order valence-corrected chi connectivity index (χ4v) is 1.83. The maximum absolute atomic E-state index is 13.3. The van der Waals surface area contributed by atoms with E-state index in [1.165, 1.54) is 6.07 Å². The van der Waals surface area contributed by atoms with Crippen molar-refractivity contribution in [2.45, 2.75) is 6.92 Å². The third-order valence-electron chi connectivity index (χ3n) is 2.40. The van der Waals surface area contributed by atoms with Gasteiger partial charge >= 0.3 is 5.97 Å². The maximum Gasteiger partial charge on any atom is 0.360 e. The van der Waals surface area contributed by atoms with E-state index in [9.17, 15) is 14.0 Å². The average molecular weight is 283 g/mol. The second-order valence-corrected chi connectivity index (χ2v) is 4.28. The van der Waals surface area contributed by atoms with Gasteiger partial charge in [0, 0.05) is 16.8 Å². The molecule has 0 spiro atoms. The van der Waals surface area contributed by atoms with E-state index in [1.54, 1.807) is 6.92 Å². The smallest absolute Gasteiger partial charge is 0.360 e. The van der Waals surface area contributed by atoms with Crippen LogP contribution in [0.5, 0.6) is 0 Å². The van der Waals surface area contributed by atoms with Crippen LogP contribution in [-0.2, 0) is 0 Å². The molecule has 0 aliphatic rings. The molecule has 0 aliphatic heterocycles. The van der Waals surface area contributed by atoms with E-state index in [1.807, 2.05) is 0 Å². The number of carboxylic acids is 1. The SMILES string of the molecule is Cc1cc(=O)c(C(=O)O)nn1-c1cc(F)cc(Cl)c1. The first kappa shape index (κ1) is 13.2. The van der Waals surface area contributed by atoms with Crippen molar-refractivity contribution >= 4 is 17.6 Å². The number of aromatic carboxylic acids is 1. The van der Waals surface area contributed by atoms with Gasteiger partial charge in [-0.15, -0.1) is 0 Å². The van der Waals surface area contributed by atoms with Crippen molar-refractivity contribution in [2.24, 2.45) is 0 Å². The molecule has 0 aliphatic carbocycles. The lowest BCUT2D eigenvalue weighted by atomic mass is 10.2. The zero-order valence-corrected chi connectivity index (χ0v) is 10.5. The highest BCUT2D eigenvalue weighted by Crippen LogP contribution is 2.17. The van der Waals surface area contributed by atoms with E-state index in [0.29, 0.717) is 5.69 Å². The fourth-order valence-electron chi connectivity index (χ4n) is 1.62. The Kier molecular flexibility index (Phi) is 3.35. The van der Waals surface area contributed by atoms with Gasteiger partial charge < -0.3 is 5.11 Å². The third kappa shape index (κ3) is 2.63. The number of hydrogen-bond acceptors (Lipinski definition) is 3. The molecule has 1 heterocycles. The van der Waals surface area contributed by atoms with E-state index < -0.39 is 22.9 Å². The number of carbonyl (C=O) groups is 1. The Morgan fingerprint density at radius 3 is 2.63 bits per heavy atom. The molecule has 0 amide bonds. The van der Waals surface area contributed by atoms with Gasteiger partial charge in [-0.1, -0.05) is 11.6 Å². The van der Waals surface area contributed by atoms with Gasteiger partial charge in [0.25, 0.3) is 0 Å². The minimum absolute atomic E-state index is 0.145. The van der Waals surface area contributed by atoms with Crippen LogP contribution in [0, 0.1) is 12.7 Å². The number of nitrogens with zero attached hydrogens (tertiary/aromatic N) is 2.